The molecule has 8 heteroatoms. The molecule has 3 aromatic heterocycles. The molecule has 130 valence electrons. The third-order valence-corrected chi connectivity index (χ3v) is 4.55. The number of hydrogen-bond donors (Lipinski definition) is 2. The minimum absolute atomic E-state index is 0.311. The van der Waals surface area contributed by atoms with E-state index in [1.54, 1.807) is 25.7 Å². The van der Waals surface area contributed by atoms with Crippen LogP contribution in [0.5, 0.6) is 0 Å². The van der Waals surface area contributed by atoms with Crippen LogP contribution in [0.2, 0.25) is 5.02 Å². The van der Waals surface area contributed by atoms with Crippen molar-refractivity contribution in [1.29, 1.82) is 0 Å². The molecule has 3 aromatic rings. The number of imidazole rings is 1. The third kappa shape index (κ3) is 3.44. The average Bonchev–Trinajstić information content (AvgIpc) is 3.22. The lowest BCUT2D eigenvalue weighted by Crippen LogP contribution is -2.26. The van der Waals surface area contributed by atoms with Gasteiger partial charge in [0.25, 0.3) is 0 Å². The zero-order valence-corrected chi connectivity index (χ0v) is 14.6. The summed E-state index contributed by atoms with van der Waals surface area (Å²) in [6.45, 7) is 1.60. The van der Waals surface area contributed by atoms with Crippen LogP contribution in [-0.4, -0.2) is 51.7 Å². The molecule has 4 heterocycles. The van der Waals surface area contributed by atoms with E-state index < -0.39 is 0 Å². The van der Waals surface area contributed by atoms with Crippen molar-refractivity contribution in [3.8, 4) is 11.4 Å². The number of rotatable bonds is 5. The summed E-state index contributed by atoms with van der Waals surface area (Å²) in [5, 5.41) is 7.54. The number of anilines is 1. The third-order valence-electron chi connectivity index (χ3n) is 4.31. The van der Waals surface area contributed by atoms with E-state index in [0.29, 0.717) is 23.7 Å². The van der Waals surface area contributed by atoms with Crippen LogP contribution in [0.25, 0.3) is 17.0 Å². The molecule has 25 heavy (non-hydrogen) atoms. The Kier molecular flexibility index (Phi) is 4.52. The minimum Gasteiger partial charge on any atom is -0.383 e. The van der Waals surface area contributed by atoms with Crippen molar-refractivity contribution in [2.75, 3.05) is 25.6 Å². The van der Waals surface area contributed by atoms with Gasteiger partial charge in [-0.15, -0.1) is 0 Å². The Hall–Kier alpha value is -2.22. The maximum absolute atomic E-state index is 6.02. The second kappa shape index (κ2) is 6.95. The number of fused-ring (bicyclic) bond motifs is 1. The zero-order valence-electron chi connectivity index (χ0n) is 13.8. The van der Waals surface area contributed by atoms with Crippen LogP contribution in [0.15, 0.2) is 36.9 Å². The maximum atomic E-state index is 6.02. The van der Waals surface area contributed by atoms with Gasteiger partial charge in [-0.3, -0.25) is 9.38 Å². The van der Waals surface area contributed by atoms with Crippen LogP contribution in [0.4, 0.5) is 5.82 Å². The van der Waals surface area contributed by atoms with E-state index in [2.05, 4.69) is 20.6 Å². The van der Waals surface area contributed by atoms with Crippen LogP contribution in [0, 0.1) is 0 Å². The van der Waals surface area contributed by atoms with Crippen LogP contribution in [0.3, 0.4) is 0 Å². The normalized spacial score (nSPS) is 20.2. The Morgan fingerprint density at radius 2 is 2.32 bits per heavy atom. The highest BCUT2D eigenvalue weighted by Gasteiger charge is 2.24. The predicted molar refractivity (Wildman–Crippen MR) is 96.9 cm³/mol. The molecule has 7 nitrogen and oxygen atoms in total. The molecule has 0 amide bonds. The van der Waals surface area contributed by atoms with Crippen LogP contribution in [0.1, 0.15) is 6.42 Å². The first-order valence-corrected chi connectivity index (χ1v) is 8.54. The van der Waals surface area contributed by atoms with Gasteiger partial charge in [-0.25, -0.2) is 9.97 Å². The standard InChI is InChI=1S/C17H19ClN6O/c1-25-10-13-5-12(6-20-13)22-16-9-19-7-14(23-16)15-8-21-17-4-11(18)2-3-24(15)17/h2-4,7-9,12-13,20H,5-6,10H2,1H3,(H,22,23). The van der Waals surface area contributed by atoms with Gasteiger partial charge in [-0.1, -0.05) is 11.6 Å². The predicted octanol–water partition coefficient (Wildman–Crippen LogP) is 2.23. The van der Waals surface area contributed by atoms with E-state index in [9.17, 15) is 0 Å². The number of nitrogens with zero attached hydrogens (tertiary/aromatic N) is 4. The quantitative estimate of drug-likeness (QED) is 0.728. The van der Waals surface area contributed by atoms with Crippen molar-refractivity contribution < 1.29 is 4.74 Å². The molecule has 1 saturated heterocycles. The molecule has 1 fully saturated rings. The van der Waals surface area contributed by atoms with Crippen molar-refractivity contribution in [3.63, 3.8) is 0 Å². The first-order valence-electron chi connectivity index (χ1n) is 8.17. The molecule has 2 N–H and O–H groups in total. The summed E-state index contributed by atoms with van der Waals surface area (Å²) >= 11 is 6.02. The van der Waals surface area contributed by atoms with Crippen molar-refractivity contribution in [2.24, 2.45) is 0 Å². The van der Waals surface area contributed by atoms with E-state index in [4.69, 9.17) is 21.3 Å². The Bertz CT molecular complexity index is 882. The molecule has 0 aliphatic carbocycles. The monoisotopic (exact) mass is 358 g/mol. The molecule has 0 spiro atoms. The van der Waals surface area contributed by atoms with E-state index >= 15 is 0 Å². The molecular weight excluding hydrogens is 340 g/mol. The highest BCUT2D eigenvalue weighted by atomic mass is 35.5. The number of nitrogens with one attached hydrogen (secondary N) is 2. The van der Waals surface area contributed by atoms with Gasteiger partial charge in [0.15, 0.2) is 0 Å². The zero-order chi connectivity index (χ0) is 17.2. The van der Waals surface area contributed by atoms with Gasteiger partial charge in [0.1, 0.15) is 17.2 Å². The molecular formula is C17H19ClN6O. The van der Waals surface area contributed by atoms with E-state index in [1.807, 2.05) is 22.7 Å². The SMILES string of the molecule is COCC1CC(Nc2cncc(-c3cnc4cc(Cl)ccn34)n2)CN1. The lowest BCUT2D eigenvalue weighted by molar-refractivity contribution is 0.173. The summed E-state index contributed by atoms with van der Waals surface area (Å²) in [5.74, 6) is 0.756. The average molecular weight is 359 g/mol. The number of aromatic nitrogens is 4. The van der Waals surface area contributed by atoms with E-state index in [1.165, 1.54) is 0 Å². The smallest absolute Gasteiger partial charge is 0.145 e. The van der Waals surface area contributed by atoms with Crippen LogP contribution >= 0.6 is 11.6 Å². The van der Waals surface area contributed by atoms with Crippen molar-refractivity contribution in [3.05, 3.63) is 41.9 Å². The molecule has 0 aromatic carbocycles. The molecule has 0 bridgehead atoms. The molecule has 0 radical (unpaired) electrons. The van der Waals surface area contributed by atoms with Crippen molar-refractivity contribution in [1.82, 2.24) is 24.7 Å². The first kappa shape index (κ1) is 16.3. The van der Waals surface area contributed by atoms with Gasteiger partial charge in [0, 0.05) is 43.0 Å². The molecule has 2 unspecified atom stereocenters. The van der Waals surface area contributed by atoms with Gasteiger partial charge in [0.2, 0.25) is 0 Å². The lowest BCUT2D eigenvalue weighted by atomic mass is 10.2. The second-order valence-electron chi connectivity index (χ2n) is 6.14. The molecule has 4 rings (SSSR count). The first-order chi connectivity index (χ1) is 12.2. The Labute approximate surface area is 150 Å². The summed E-state index contributed by atoms with van der Waals surface area (Å²) in [6.07, 6.45) is 8.15. The fourth-order valence-corrected chi connectivity index (χ4v) is 3.32. The Morgan fingerprint density at radius 3 is 3.20 bits per heavy atom. The lowest BCUT2D eigenvalue weighted by Gasteiger charge is -2.13. The summed E-state index contributed by atoms with van der Waals surface area (Å²) in [5.41, 5.74) is 2.42. The number of methoxy groups -OCH3 is 1. The molecule has 2 atom stereocenters. The van der Waals surface area contributed by atoms with Crippen molar-refractivity contribution in [2.45, 2.75) is 18.5 Å². The van der Waals surface area contributed by atoms with Gasteiger partial charge in [-0.2, -0.15) is 0 Å². The summed E-state index contributed by atoms with van der Waals surface area (Å²) in [6, 6.07) is 4.34. The topological polar surface area (TPSA) is 76.4 Å². The van der Waals surface area contributed by atoms with Gasteiger partial charge in [0.05, 0.1) is 30.9 Å². The van der Waals surface area contributed by atoms with Crippen LogP contribution < -0.4 is 10.6 Å². The van der Waals surface area contributed by atoms with Gasteiger partial charge in [-0.05, 0) is 12.5 Å². The van der Waals surface area contributed by atoms with E-state index in [-0.39, 0.29) is 0 Å². The number of pyridine rings is 1. The van der Waals surface area contributed by atoms with E-state index in [0.717, 1.165) is 35.8 Å². The number of ether oxygens (including phenoxy) is 1. The fourth-order valence-electron chi connectivity index (χ4n) is 3.17. The van der Waals surface area contributed by atoms with Crippen LogP contribution in [-0.2, 0) is 4.74 Å². The highest BCUT2D eigenvalue weighted by molar-refractivity contribution is 6.30. The summed E-state index contributed by atoms with van der Waals surface area (Å²) in [4.78, 5) is 13.4. The van der Waals surface area contributed by atoms with Gasteiger partial charge < -0.3 is 15.4 Å². The number of hydrogen-bond acceptors (Lipinski definition) is 6. The molecule has 1 aliphatic rings. The van der Waals surface area contributed by atoms with Crippen molar-refractivity contribution >= 4 is 23.1 Å². The summed E-state index contributed by atoms with van der Waals surface area (Å²) < 4.78 is 7.15. The molecule has 1 aliphatic heterocycles. The fraction of sp³-hybridized carbons (Fsp3) is 0.353. The Morgan fingerprint density at radius 1 is 1.40 bits per heavy atom. The minimum atomic E-state index is 0.311. The summed E-state index contributed by atoms with van der Waals surface area (Å²) in [7, 11) is 1.72. The maximum Gasteiger partial charge on any atom is 0.145 e. The highest BCUT2D eigenvalue weighted by Crippen LogP contribution is 2.22. The Balaban J connectivity index is 1.55. The largest absolute Gasteiger partial charge is 0.383 e. The number of halogens is 1. The second-order valence-corrected chi connectivity index (χ2v) is 6.58. The van der Waals surface area contributed by atoms with Gasteiger partial charge >= 0.3 is 0 Å². The molecule has 0 saturated carbocycles.